The fourth-order valence-electron chi connectivity index (χ4n) is 9.84. The highest BCUT2D eigenvalue weighted by atomic mass is 15.0. The van der Waals surface area contributed by atoms with Crippen LogP contribution in [-0.2, 0) is 5.41 Å². The Kier molecular flexibility index (Phi) is 8.36. The van der Waals surface area contributed by atoms with Gasteiger partial charge in [0.15, 0.2) is 17.5 Å². The van der Waals surface area contributed by atoms with E-state index in [9.17, 15) is 0 Å². The van der Waals surface area contributed by atoms with Crippen LogP contribution in [0, 0.1) is 0 Å². The summed E-state index contributed by atoms with van der Waals surface area (Å²) in [7, 11) is 0. The molecule has 0 N–H and O–H groups in total. The van der Waals surface area contributed by atoms with Crippen molar-refractivity contribution in [3.63, 3.8) is 0 Å². The molecule has 0 saturated carbocycles. The maximum Gasteiger partial charge on any atom is 0.164 e. The van der Waals surface area contributed by atoms with Crippen LogP contribution in [0.15, 0.2) is 231 Å². The van der Waals surface area contributed by atoms with E-state index < -0.39 is 5.41 Å². The van der Waals surface area contributed by atoms with Crippen molar-refractivity contribution in [1.29, 1.82) is 0 Å². The lowest BCUT2D eigenvalue weighted by Crippen LogP contribution is -2.28. The molecule has 0 saturated heterocycles. The maximum atomic E-state index is 5.46. The van der Waals surface area contributed by atoms with Crippen molar-refractivity contribution in [3.8, 4) is 62.1 Å². The van der Waals surface area contributed by atoms with Crippen molar-refractivity contribution < 1.29 is 0 Å². The number of fused-ring (bicyclic) bond motifs is 6. The Morgan fingerprint density at radius 2 is 0.758 bits per heavy atom. The number of aromatic nitrogens is 4. The van der Waals surface area contributed by atoms with Crippen LogP contribution in [0.3, 0.4) is 0 Å². The minimum atomic E-state index is -0.649. The number of para-hydroxylation sites is 2. The lowest BCUT2D eigenvalue weighted by molar-refractivity contribution is 0.767. The summed E-state index contributed by atoms with van der Waals surface area (Å²) in [5.74, 6) is 1.86. The van der Waals surface area contributed by atoms with Crippen LogP contribution >= 0.6 is 0 Å². The molecule has 0 atom stereocenters. The minimum Gasteiger partial charge on any atom is -0.309 e. The van der Waals surface area contributed by atoms with Crippen LogP contribution in [-0.4, -0.2) is 19.5 Å². The second kappa shape index (κ2) is 14.5. The van der Waals surface area contributed by atoms with Gasteiger partial charge in [0, 0.05) is 33.2 Å². The first-order valence-corrected chi connectivity index (χ1v) is 21.1. The summed E-state index contributed by atoms with van der Waals surface area (Å²) in [4.78, 5) is 16.1. The smallest absolute Gasteiger partial charge is 0.164 e. The van der Waals surface area contributed by atoms with E-state index in [1.54, 1.807) is 0 Å². The second-order valence-corrected chi connectivity index (χ2v) is 15.9. The zero-order valence-electron chi connectivity index (χ0n) is 33.7. The van der Waals surface area contributed by atoms with Gasteiger partial charge >= 0.3 is 0 Å². The van der Waals surface area contributed by atoms with Gasteiger partial charge in [-0.25, -0.2) is 15.0 Å². The van der Waals surface area contributed by atoms with Crippen LogP contribution in [0.2, 0.25) is 0 Å². The predicted molar refractivity (Wildman–Crippen MR) is 253 cm³/mol. The van der Waals surface area contributed by atoms with Crippen LogP contribution in [0.5, 0.6) is 0 Å². The van der Waals surface area contributed by atoms with Gasteiger partial charge in [-0.2, -0.15) is 0 Å². The van der Waals surface area contributed by atoms with Crippen molar-refractivity contribution in [1.82, 2.24) is 19.5 Å². The Hall–Kier alpha value is -8.21. The van der Waals surface area contributed by atoms with Gasteiger partial charge < -0.3 is 4.57 Å². The summed E-state index contributed by atoms with van der Waals surface area (Å²) < 4.78 is 2.42. The number of rotatable bonds is 7. The number of hydrogen-bond donors (Lipinski definition) is 0. The Labute approximate surface area is 360 Å². The molecule has 0 aliphatic heterocycles. The van der Waals surface area contributed by atoms with Gasteiger partial charge in [-0.3, -0.25) is 0 Å². The van der Waals surface area contributed by atoms with Gasteiger partial charge in [-0.05, 0) is 68.8 Å². The molecule has 2 aromatic heterocycles. The largest absolute Gasteiger partial charge is 0.309 e. The first kappa shape index (κ1) is 35.7. The third-order valence-electron chi connectivity index (χ3n) is 12.5. The third kappa shape index (κ3) is 5.58. The summed E-state index contributed by atoms with van der Waals surface area (Å²) >= 11 is 0. The fourth-order valence-corrected chi connectivity index (χ4v) is 9.84. The molecule has 1 aliphatic rings. The van der Waals surface area contributed by atoms with Gasteiger partial charge in [0.1, 0.15) is 0 Å². The molecule has 11 aromatic rings. The molecule has 0 radical (unpaired) electrons. The highest BCUT2D eigenvalue weighted by molar-refractivity contribution is 6.09. The van der Waals surface area contributed by atoms with E-state index in [1.165, 1.54) is 33.0 Å². The zero-order valence-corrected chi connectivity index (χ0v) is 33.7. The van der Waals surface area contributed by atoms with Crippen molar-refractivity contribution in [2.75, 3.05) is 0 Å². The quantitative estimate of drug-likeness (QED) is 0.161. The summed E-state index contributed by atoms with van der Waals surface area (Å²) in [5.41, 5.74) is 14.8. The molecule has 4 nitrogen and oxygen atoms in total. The van der Waals surface area contributed by atoms with Crippen molar-refractivity contribution in [2.45, 2.75) is 5.41 Å². The zero-order chi connectivity index (χ0) is 41.0. The minimum absolute atomic E-state index is 0.617. The van der Waals surface area contributed by atoms with Crippen LogP contribution in [0.25, 0.3) is 83.9 Å². The Morgan fingerprint density at radius 1 is 0.323 bits per heavy atom. The Bertz CT molecular complexity index is 3340. The third-order valence-corrected chi connectivity index (χ3v) is 12.5. The summed E-state index contributed by atoms with van der Waals surface area (Å²) in [6, 6.07) is 82.3. The topological polar surface area (TPSA) is 43.6 Å². The molecule has 0 unspecified atom stereocenters. The predicted octanol–water partition coefficient (Wildman–Crippen LogP) is 14.0. The standard InChI is InChI=1S/C58H38N4/c1-5-19-39(20-6-1)40-33-35-42(36-34-40)56-59-55(41-21-7-2-8-22-41)60-57(61-56)49-37-45(62-52-31-17-14-27-46(52)47-28-15-18-32-53(47)62)38-51-54(49)48-29-13-16-30-50(48)58(51,43-23-9-3-10-24-43)44-25-11-4-12-26-44/h1-38H. The first-order valence-electron chi connectivity index (χ1n) is 21.1. The molecule has 1 aliphatic carbocycles. The van der Waals surface area contributed by atoms with Crippen LogP contribution in [0.1, 0.15) is 22.3 Å². The molecule has 0 spiro atoms. The lowest BCUT2D eigenvalue weighted by Gasteiger charge is -2.34. The molecule has 0 amide bonds. The molecule has 2 heterocycles. The van der Waals surface area contributed by atoms with E-state index in [0.717, 1.165) is 55.7 Å². The second-order valence-electron chi connectivity index (χ2n) is 15.9. The maximum absolute atomic E-state index is 5.46. The van der Waals surface area contributed by atoms with Crippen LogP contribution < -0.4 is 0 Å². The average molecular weight is 791 g/mol. The molecule has 9 aromatic carbocycles. The van der Waals surface area contributed by atoms with Gasteiger partial charge in [0.25, 0.3) is 0 Å². The molecule has 4 heteroatoms. The monoisotopic (exact) mass is 790 g/mol. The molecular weight excluding hydrogens is 753 g/mol. The SMILES string of the molecule is c1ccc(-c2ccc(-c3nc(-c4ccccc4)nc(-c4cc(-n5c6ccccc6c6ccccc65)cc5c4-c4ccccc4C5(c4ccccc4)c4ccccc4)n3)cc2)cc1. The fraction of sp³-hybridized carbons (Fsp3) is 0.0172. The molecule has 0 fully saturated rings. The van der Waals surface area contributed by atoms with Crippen molar-refractivity contribution in [2.24, 2.45) is 0 Å². The van der Waals surface area contributed by atoms with Gasteiger partial charge in [-0.1, -0.05) is 206 Å². The van der Waals surface area contributed by atoms with Crippen molar-refractivity contribution in [3.05, 3.63) is 253 Å². The average Bonchev–Trinajstić information content (AvgIpc) is 3.86. The summed E-state index contributed by atoms with van der Waals surface area (Å²) in [6.07, 6.45) is 0. The highest BCUT2D eigenvalue weighted by Crippen LogP contribution is 2.59. The van der Waals surface area contributed by atoms with Gasteiger partial charge in [0.2, 0.25) is 0 Å². The number of nitrogens with zero attached hydrogens (tertiary/aromatic N) is 4. The van der Waals surface area contributed by atoms with Crippen molar-refractivity contribution >= 4 is 21.8 Å². The van der Waals surface area contributed by atoms with Crippen LogP contribution in [0.4, 0.5) is 0 Å². The molecule has 12 rings (SSSR count). The van der Waals surface area contributed by atoms with E-state index >= 15 is 0 Å². The Morgan fingerprint density at radius 3 is 1.35 bits per heavy atom. The molecule has 62 heavy (non-hydrogen) atoms. The first-order chi connectivity index (χ1) is 30.8. The van der Waals surface area contributed by atoms with E-state index in [1.807, 2.05) is 24.3 Å². The molecular formula is C58H38N4. The lowest BCUT2D eigenvalue weighted by atomic mass is 9.67. The summed E-state index contributed by atoms with van der Waals surface area (Å²) in [6.45, 7) is 0. The summed E-state index contributed by atoms with van der Waals surface area (Å²) in [5, 5.41) is 2.41. The van der Waals surface area contributed by atoms with E-state index in [4.69, 9.17) is 15.0 Å². The van der Waals surface area contributed by atoms with E-state index in [-0.39, 0.29) is 0 Å². The van der Waals surface area contributed by atoms with E-state index in [2.05, 4.69) is 211 Å². The Balaban J connectivity index is 1.21. The normalized spacial score (nSPS) is 12.6. The number of hydrogen-bond acceptors (Lipinski definition) is 3. The number of benzene rings is 9. The molecule has 290 valence electrons. The van der Waals surface area contributed by atoms with E-state index in [0.29, 0.717) is 17.5 Å². The van der Waals surface area contributed by atoms with Gasteiger partial charge in [0.05, 0.1) is 16.4 Å². The van der Waals surface area contributed by atoms with Gasteiger partial charge in [-0.15, -0.1) is 0 Å². The highest BCUT2D eigenvalue weighted by Gasteiger charge is 2.47. The molecule has 0 bridgehead atoms.